The van der Waals surface area contributed by atoms with Gasteiger partial charge in [0, 0.05) is 53.3 Å². The van der Waals surface area contributed by atoms with Crippen molar-refractivity contribution in [3.05, 3.63) is 0 Å². The summed E-state index contributed by atoms with van der Waals surface area (Å²) in [4.78, 5) is 10.0. The Morgan fingerprint density at radius 1 is 1.36 bits per heavy atom. The second-order valence-corrected chi connectivity index (χ2v) is 3.03. The SMILES string of the molecule is CC(C)CCCCC(=O)O.[Yb]. The normalized spacial score (nSPS) is 9.36. The van der Waals surface area contributed by atoms with E-state index >= 15 is 0 Å². The first-order valence-corrected chi connectivity index (χ1v) is 3.84. The first-order chi connectivity index (χ1) is 4.63. The van der Waals surface area contributed by atoms with Crippen LogP contribution in [-0.2, 0) is 4.79 Å². The molecule has 0 bridgehead atoms. The van der Waals surface area contributed by atoms with Crippen LogP contribution in [0.5, 0.6) is 0 Å². The van der Waals surface area contributed by atoms with Gasteiger partial charge in [-0.05, 0) is 12.3 Å². The van der Waals surface area contributed by atoms with Crippen molar-refractivity contribution in [3.63, 3.8) is 0 Å². The topological polar surface area (TPSA) is 37.3 Å². The largest absolute Gasteiger partial charge is 0.481 e. The molecule has 0 aromatic carbocycles. The number of rotatable bonds is 5. The van der Waals surface area contributed by atoms with Crippen LogP contribution in [0.15, 0.2) is 0 Å². The van der Waals surface area contributed by atoms with Crippen molar-refractivity contribution in [3.8, 4) is 0 Å². The molecule has 0 fully saturated rings. The van der Waals surface area contributed by atoms with E-state index in [4.69, 9.17) is 5.11 Å². The van der Waals surface area contributed by atoms with E-state index < -0.39 is 5.97 Å². The summed E-state index contributed by atoms with van der Waals surface area (Å²) in [7, 11) is 0. The minimum absolute atomic E-state index is 0. The summed E-state index contributed by atoms with van der Waals surface area (Å²) in [6.45, 7) is 4.31. The van der Waals surface area contributed by atoms with E-state index in [1.54, 1.807) is 0 Å². The van der Waals surface area contributed by atoms with Gasteiger partial charge in [-0.2, -0.15) is 0 Å². The molecule has 3 heteroatoms. The Labute approximate surface area is 107 Å². The number of carbonyl (C=O) groups is 1. The van der Waals surface area contributed by atoms with Crippen LogP contribution in [0.25, 0.3) is 0 Å². The molecular formula is C8H16O2Yb. The van der Waals surface area contributed by atoms with Gasteiger partial charge in [-0.15, -0.1) is 0 Å². The number of aliphatic carboxylic acids is 1. The molecule has 0 aliphatic carbocycles. The fourth-order valence-electron chi connectivity index (χ4n) is 0.829. The molecule has 0 aromatic heterocycles. The van der Waals surface area contributed by atoms with Crippen LogP contribution in [-0.4, -0.2) is 11.1 Å². The van der Waals surface area contributed by atoms with Crippen LogP contribution in [0.1, 0.15) is 39.5 Å². The third-order valence-electron chi connectivity index (χ3n) is 1.42. The van der Waals surface area contributed by atoms with Crippen molar-refractivity contribution in [2.75, 3.05) is 0 Å². The molecule has 1 N–H and O–H groups in total. The fourth-order valence-corrected chi connectivity index (χ4v) is 0.829. The zero-order valence-electron chi connectivity index (χ0n) is 7.03. The predicted molar refractivity (Wildman–Crippen MR) is 40.9 cm³/mol. The van der Waals surface area contributed by atoms with Gasteiger partial charge in [0.1, 0.15) is 0 Å². The molecule has 0 unspecified atom stereocenters. The first-order valence-electron chi connectivity index (χ1n) is 3.84. The van der Waals surface area contributed by atoms with E-state index in [2.05, 4.69) is 13.8 Å². The maximum Gasteiger partial charge on any atom is 0.303 e. The molecule has 0 amide bonds. The van der Waals surface area contributed by atoms with Gasteiger partial charge in [0.15, 0.2) is 0 Å². The Morgan fingerprint density at radius 3 is 2.27 bits per heavy atom. The van der Waals surface area contributed by atoms with E-state index in [0.29, 0.717) is 12.3 Å². The summed E-state index contributed by atoms with van der Waals surface area (Å²) in [6.07, 6.45) is 3.34. The third kappa shape index (κ3) is 13.9. The Hall–Kier alpha value is 0.989. The van der Waals surface area contributed by atoms with Crippen LogP contribution >= 0.6 is 0 Å². The molecule has 0 aromatic rings. The van der Waals surface area contributed by atoms with Crippen LogP contribution in [0.2, 0.25) is 0 Å². The Morgan fingerprint density at radius 2 is 1.91 bits per heavy atom. The summed E-state index contributed by atoms with van der Waals surface area (Å²) in [5.74, 6) is 0.0255. The van der Waals surface area contributed by atoms with E-state index in [1.165, 1.54) is 0 Å². The van der Waals surface area contributed by atoms with Gasteiger partial charge < -0.3 is 5.11 Å². The number of hydrogen-bond donors (Lipinski definition) is 1. The molecule has 0 saturated heterocycles. The average molecular weight is 317 g/mol. The second kappa shape index (κ2) is 9.08. The fraction of sp³-hybridized carbons (Fsp3) is 0.875. The third-order valence-corrected chi connectivity index (χ3v) is 1.42. The average Bonchev–Trinajstić information content (AvgIpc) is 1.79. The van der Waals surface area contributed by atoms with Gasteiger partial charge in [-0.3, -0.25) is 4.79 Å². The smallest absolute Gasteiger partial charge is 0.303 e. The Balaban J connectivity index is 0. The van der Waals surface area contributed by atoms with Crippen molar-refractivity contribution >= 4 is 5.97 Å². The van der Waals surface area contributed by atoms with Crippen molar-refractivity contribution < 1.29 is 56.8 Å². The van der Waals surface area contributed by atoms with E-state index in [-0.39, 0.29) is 46.9 Å². The van der Waals surface area contributed by atoms with Crippen LogP contribution in [0.4, 0.5) is 0 Å². The molecule has 2 nitrogen and oxygen atoms in total. The quantitative estimate of drug-likeness (QED) is 0.790. The number of carboxylic acid groups (broad SMARTS) is 1. The zero-order valence-corrected chi connectivity index (χ0v) is 8.74. The summed E-state index contributed by atoms with van der Waals surface area (Å²) >= 11 is 0. The molecule has 0 rings (SSSR count). The molecule has 74 valence electrons. The van der Waals surface area contributed by atoms with Crippen molar-refractivity contribution in [2.45, 2.75) is 39.5 Å². The Kier molecular flexibility index (Phi) is 12.0. The van der Waals surface area contributed by atoms with Gasteiger partial charge in [0.25, 0.3) is 0 Å². The maximum absolute atomic E-state index is 10.0. The molecule has 0 aliphatic heterocycles. The van der Waals surface area contributed by atoms with E-state index in [9.17, 15) is 4.79 Å². The Bertz CT molecular complexity index is 102. The molecule has 0 aliphatic rings. The predicted octanol–water partition coefficient (Wildman–Crippen LogP) is 2.29. The van der Waals surface area contributed by atoms with Gasteiger partial charge in [-0.25, -0.2) is 0 Å². The van der Waals surface area contributed by atoms with E-state index in [0.717, 1.165) is 19.3 Å². The summed E-state index contributed by atoms with van der Waals surface area (Å²) in [5.41, 5.74) is 0. The van der Waals surface area contributed by atoms with Gasteiger partial charge in [0.05, 0.1) is 0 Å². The molecule has 0 atom stereocenters. The van der Waals surface area contributed by atoms with E-state index in [1.807, 2.05) is 0 Å². The molecule has 0 spiro atoms. The number of hydrogen-bond acceptors (Lipinski definition) is 1. The molecular weight excluding hydrogens is 301 g/mol. The number of unbranched alkanes of at least 4 members (excludes halogenated alkanes) is 1. The van der Waals surface area contributed by atoms with Crippen molar-refractivity contribution in [2.24, 2.45) is 5.92 Å². The molecule has 0 radical (unpaired) electrons. The summed E-state index contributed by atoms with van der Waals surface area (Å²) in [5, 5.41) is 8.28. The van der Waals surface area contributed by atoms with Crippen molar-refractivity contribution in [1.82, 2.24) is 0 Å². The summed E-state index contributed by atoms with van der Waals surface area (Å²) < 4.78 is 0. The minimum atomic E-state index is -0.677. The molecule has 0 saturated carbocycles. The minimum Gasteiger partial charge on any atom is -0.481 e. The molecule has 11 heavy (non-hydrogen) atoms. The monoisotopic (exact) mass is 318 g/mol. The van der Waals surface area contributed by atoms with Crippen LogP contribution in [0, 0.1) is 52.8 Å². The maximum atomic E-state index is 10.0. The number of carboxylic acids is 1. The van der Waals surface area contributed by atoms with Crippen molar-refractivity contribution in [1.29, 1.82) is 0 Å². The second-order valence-electron chi connectivity index (χ2n) is 3.03. The van der Waals surface area contributed by atoms with Crippen LogP contribution in [0.3, 0.4) is 0 Å². The zero-order chi connectivity index (χ0) is 7.98. The molecule has 0 heterocycles. The van der Waals surface area contributed by atoms with Gasteiger partial charge in [-0.1, -0.05) is 26.7 Å². The first kappa shape index (κ1) is 14.5. The van der Waals surface area contributed by atoms with Gasteiger partial charge >= 0.3 is 5.97 Å². The standard InChI is InChI=1S/C8H16O2.Yb/c1-7(2)5-3-4-6-8(9)10;/h7H,3-6H2,1-2H3,(H,9,10);. The van der Waals surface area contributed by atoms with Crippen LogP contribution < -0.4 is 0 Å². The van der Waals surface area contributed by atoms with Gasteiger partial charge in [0.2, 0.25) is 0 Å². The summed E-state index contributed by atoms with van der Waals surface area (Å²) in [6, 6.07) is 0.